The number of aliphatic hydroxyl groups excluding tert-OH is 1. The molecule has 6 fully saturated rings. The zero-order chi connectivity index (χ0) is 40.1. The fourth-order valence-corrected chi connectivity index (χ4v) is 9.96. The van der Waals surface area contributed by atoms with Crippen molar-refractivity contribution >= 4 is 23.9 Å². The summed E-state index contributed by atoms with van der Waals surface area (Å²) in [4.78, 5) is 49.0. The first-order valence-corrected chi connectivity index (χ1v) is 20.6. The molecule has 4 heterocycles. The molecule has 4 aromatic rings. The molecule has 0 radical (unpaired) electrons. The first-order chi connectivity index (χ1) is 28.8. The Kier molecular flexibility index (Phi) is 9.94. The van der Waals surface area contributed by atoms with Gasteiger partial charge < -0.3 is 34.7 Å². The van der Waals surface area contributed by atoms with E-state index < -0.39 is 47.6 Å². The van der Waals surface area contributed by atoms with Gasteiger partial charge in [0.2, 0.25) is 11.7 Å². The number of amides is 2. The molecule has 2 saturated carbocycles. The van der Waals surface area contributed by atoms with Gasteiger partial charge in [0.15, 0.2) is 6.04 Å². The van der Waals surface area contributed by atoms with E-state index in [-0.39, 0.29) is 44.5 Å². The number of hydrogen-bond acceptors (Lipinski definition) is 10. The van der Waals surface area contributed by atoms with Gasteiger partial charge in [-0.3, -0.25) is 19.2 Å². The van der Waals surface area contributed by atoms with Crippen molar-refractivity contribution in [3.8, 4) is 0 Å². The van der Waals surface area contributed by atoms with Crippen LogP contribution in [0.25, 0.3) is 6.08 Å². The molecule has 4 aromatic carbocycles. The van der Waals surface area contributed by atoms with Crippen LogP contribution in [0, 0.1) is 11.3 Å². The number of epoxide rings is 1. The number of ether oxygens (including phenoxy) is 4. The van der Waals surface area contributed by atoms with E-state index in [9.17, 15) is 14.7 Å². The quantitative estimate of drug-likeness (QED) is 0.135. The second kappa shape index (κ2) is 15.4. The van der Waals surface area contributed by atoms with Crippen molar-refractivity contribution in [1.82, 2.24) is 15.7 Å². The molecule has 0 spiro atoms. The molecule has 2 bridgehead atoms. The Bertz CT molecular complexity index is 2210. The van der Waals surface area contributed by atoms with Gasteiger partial charge >= 0.3 is 5.97 Å². The maximum absolute atomic E-state index is 15.0. The molecule has 10 rings (SSSR count). The van der Waals surface area contributed by atoms with Crippen LogP contribution in [-0.2, 0) is 52.3 Å². The molecular weight excluding hydrogens is 751 g/mol. The number of fused-ring (bicyclic) bond motifs is 5. The SMILES string of the molecule is O=C(NCCO)c1cccc(CNC(=O)C23CC4OC(=O)C2N(Cc2cccc(C=CC5CCC6OC6C5)c2)OC3C2OC(c3ccccc3)(c3ccccc3)OC42)c1. The molecule has 3 N–H and O–H groups in total. The molecule has 6 aliphatic rings. The second-order valence-electron chi connectivity index (χ2n) is 16.5. The van der Waals surface area contributed by atoms with Crippen LogP contribution in [0.2, 0.25) is 0 Å². The van der Waals surface area contributed by atoms with Gasteiger partial charge in [-0.25, -0.2) is 0 Å². The normalized spacial score (nSPS) is 31.2. The average molecular weight is 798 g/mol. The summed E-state index contributed by atoms with van der Waals surface area (Å²) in [6, 6.07) is 33.3. The highest BCUT2D eigenvalue weighted by Gasteiger charge is 2.76. The summed E-state index contributed by atoms with van der Waals surface area (Å²) >= 11 is 0. The average Bonchev–Trinajstić information content (AvgIpc) is 3.79. The molecular formula is C47H47N3O9. The number of rotatable bonds is 12. The third-order valence-electron chi connectivity index (χ3n) is 12.8. The minimum Gasteiger partial charge on any atom is -0.458 e. The van der Waals surface area contributed by atoms with E-state index in [1.54, 1.807) is 23.3 Å². The molecule has 12 heteroatoms. The van der Waals surface area contributed by atoms with E-state index in [1.807, 2.05) is 78.9 Å². The van der Waals surface area contributed by atoms with E-state index in [1.165, 1.54) is 0 Å². The molecule has 2 amide bonds. The smallest absolute Gasteiger partial charge is 0.327 e. The Hall–Kier alpha value is -5.21. The number of carbonyl (C=O) groups excluding carboxylic acids is 3. The number of carbonyl (C=O) groups is 3. The highest BCUT2D eigenvalue weighted by Crippen LogP contribution is 2.59. The van der Waals surface area contributed by atoms with Gasteiger partial charge in [0, 0.05) is 36.2 Å². The lowest BCUT2D eigenvalue weighted by Gasteiger charge is -2.48. The summed E-state index contributed by atoms with van der Waals surface area (Å²) in [5.41, 5.74) is 3.14. The number of aliphatic hydroxyl groups is 1. The third kappa shape index (κ3) is 6.87. The van der Waals surface area contributed by atoms with Crippen LogP contribution in [0.15, 0.2) is 115 Å². The molecule has 0 aromatic heterocycles. The predicted octanol–water partition coefficient (Wildman–Crippen LogP) is 4.79. The highest BCUT2D eigenvalue weighted by atomic mass is 16.8. The van der Waals surface area contributed by atoms with Crippen LogP contribution in [0.5, 0.6) is 0 Å². The Morgan fingerprint density at radius 1 is 0.814 bits per heavy atom. The van der Waals surface area contributed by atoms with E-state index in [2.05, 4.69) is 34.9 Å². The third-order valence-corrected chi connectivity index (χ3v) is 12.8. The van der Waals surface area contributed by atoms with Crippen LogP contribution in [0.3, 0.4) is 0 Å². The number of allylic oxidation sites excluding steroid dienone is 1. The van der Waals surface area contributed by atoms with Crippen molar-refractivity contribution in [2.45, 2.75) is 87.2 Å². The Morgan fingerprint density at radius 2 is 1.56 bits per heavy atom. The van der Waals surface area contributed by atoms with Crippen molar-refractivity contribution in [1.29, 1.82) is 0 Å². The lowest BCUT2D eigenvalue weighted by atomic mass is 9.62. The van der Waals surface area contributed by atoms with Crippen molar-refractivity contribution in [2.75, 3.05) is 13.2 Å². The first-order valence-electron chi connectivity index (χ1n) is 20.6. The topological polar surface area (TPSA) is 148 Å². The summed E-state index contributed by atoms with van der Waals surface area (Å²) in [5.74, 6) is -2.16. The lowest BCUT2D eigenvalue weighted by Crippen LogP contribution is -2.69. The molecule has 9 atom stereocenters. The minimum absolute atomic E-state index is 0.0905. The fraction of sp³-hybridized carbons (Fsp3) is 0.383. The lowest BCUT2D eigenvalue weighted by molar-refractivity contribution is -0.213. The van der Waals surface area contributed by atoms with Crippen molar-refractivity contribution < 1.29 is 43.3 Å². The minimum atomic E-state index is -1.41. The Labute approximate surface area is 342 Å². The maximum Gasteiger partial charge on any atom is 0.327 e. The van der Waals surface area contributed by atoms with Gasteiger partial charge in [-0.05, 0) is 54.0 Å². The van der Waals surface area contributed by atoms with Crippen LogP contribution in [0.4, 0.5) is 0 Å². The summed E-state index contributed by atoms with van der Waals surface area (Å²) in [6.45, 7) is 0.251. The molecule has 2 aliphatic carbocycles. The largest absolute Gasteiger partial charge is 0.458 e. The molecule has 59 heavy (non-hydrogen) atoms. The van der Waals surface area contributed by atoms with Gasteiger partial charge in [0.05, 0.1) is 25.4 Å². The van der Waals surface area contributed by atoms with E-state index in [0.29, 0.717) is 29.3 Å². The standard InChI is InChI=1S/C47H47N3O9/c51-22-21-48-43(52)33-12-8-10-31(24-33)27-49-45(54)46-26-38-39-40(58-47(57-39,34-13-3-1-4-14-34)35-15-5-2-6-16-35)42(46)59-50(41(46)44(53)56-38)28-32-11-7-9-29(23-32)17-18-30-19-20-36-37(25-30)55-36/h1-18,23-24,30,36-42,51H,19-22,25-28H2,(H,48,52)(H,49,54). The number of nitrogens with one attached hydrogen (secondary N) is 2. The van der Waals surface area contributed by atoms with E-state index >= 15 is 4.79 Å². The van der Waals surface area contributed by atoms with Crippen LogP contribution in [0.1, 0.15) is 63.9 Å². The van der Waals surface area contributed by atoms with Crippen molar-refractivity contribution in [3.63, 3.8) is 0 Å². The Morgan fingerprint density at radius 3 is 2.32 bits per heavy atom. The van der Waals surface area contributed by atoms with Gasteiger partial charge in [0.25, 0.3) is 5.91 Å². The number of hydroxylamine groups is 2. The fourth-order valence-electron chi connectivity index (χ4n) is 9.96. The summed E-state index contributed by atoms with van der Waals surface area (Å²) in [7, 11) is 0. The van der Waals surface area contributed by atoms with Gasteiger partial charge in [0.1, 0.15) is 29.8 Å². The predicted molar refractivity (Wildman–Crippen MR) is 214 cm³/mol. The van der Waals surface area contributed by atoms with Gasteiger partial charge in [-0.15, -0.1) is 0 Å². The monoisotopic (exact) mass is 797 g/mol. The van der Waals surface area contributed by atoms with Crippen LogP contribution >= 0.6 is 0 Å². The van der Waals surface area contributed by atoms with E-state index in [4.69, 9.17) is 23.8 Å². The van der Waals surface area contributed by atoms with Gasteiger partial charge in [-0.1, -0.05) is 109 Å². The molecule has 4 saturated heterocycles. The van der Waals surface area contributed by atoms with Crippen LogP contribution in [-0.4, -0.2) is 83.8 Å². The molecule has 4 aliphatic heterocycles. The number of esters is 1. The van der Waals surface area contributed by atoms with Crippen LogP contribution < -0.4 is 10.6 Å². The molecule has 12 nitrogen and oxygen atoms in total. The second-order valence-corrected chi connectivity index (χ2v) is 16.5. The number of benzene rings is 4. The number of hydrogen-bond donors (Lipinski definition) is 3. The maximum atomic E-state index is 15.0. The Balaban J connectivity index is 0.980. The highest BCUT2D eigenvalue weighted by molar-refractivity contribution is 5.95. The molecule has 304 valence electrons. The summed E-state index contributed by atoms with van der Waals surface area (Å²) < 4.78 is 26.1. The summed E-state index contributed by atoms with van der Waals surface area (Å²) in [5, 5.41) is 16.6. The van der Waals surface area contributed by atoms with Crippen molar-refractivity contribution in [3.05, 3.63) is 149 Å². The molecule has 9 unspecified atom stereocenters. The number of nitrogens with zero attached hydrogens (tertiary/aromatic N) is 1. The summed E-state index contributed by atoms with van der Waals surface area (Å²) in [6.07, 6.45) is 5.42. The van der Waals surface area contributed by atoms with E-state index in [0.717, 1.165) is 41.5 Å². The van der Waals surface area contributed by atoms with Crippen molar-refractivity contribution in [2.24, 2.45) is 11.3 Å². The zero-order valence-electron chi connectivity index (χ0n) is 32.5. The zero-order valence-corrected chi connectivity index (χ0v) is 32.5. The first kappa shape index (κ1) is 38.0. The van der Waals surface area contributed by atoms with Gasteiger partial charge in [-0.2, -0.15) is 5.06 Å².